The number of H-pyrrole nitrogens is 1. The molecule has 0 saturated carbocycles. The number of anilines is 3. The van der Waals surface area contributed by atoms with Crippen LogP contribution in [0.2, 0.25) is 0 Å². The van der Waals surface area contributed by atoms with E-state index in [1.54, 1.807) is 0 Å². The number of aryl methyl sites for hydroxylation is 2. The molecule has 96 valence electrons. The molecule has 0 aliphatic carbocycles. The van der Waals surface area contributed by atoms with Crippen LogP contribution in [-0.2, 0) is 0 Å². The van der Waals surface area contributed by atoms with Crippen LogP contribution in [0, 0.1) is 13.8 Å². The highest BCUT2D eigenvalue weighted by atomic mass is 15.1. The smallest absolute Gasteiger partial charge is 0.205 e. The normalized spacial score (nSPS) is 10.8. The summed E-state index contributed by atoms with van der Waals surface area (Å²) in [4.78, 5) is 7.86. The van der Waals surface area contributed by atoms with Crippen LogP contribution in [0.1, 0.15) is 11.1 Å². The summed E-state index contributed by atoms with van der Waals surface area (Å²) >= 11 is 0. The van der Waals surface area contributed by atoms with Crippen molar-refractivity contribution in [2.45, 2.75) is 13.8 Å². The lowest BCUT2D eigenvalue weighted by Gasteiger charge is -2.02. The third-order valence-electron chi connectivity index (χ3n) is 3.09. The van der Waals surface area contributed by atoms with E-state index >= 15 is 0 Å². The van der Waals surface area contributed by atoms with Gasteiger partial charge in [-0.15, -0.1) is 0 Å². The van der Waals surface area contributed by atoms with Crippen molar-refractivity contribution in [2.24, 2.45) is 0 Å². The molecular weight excluding hydrogens is 236 g/mol. The van der Waals surface area contributed by atoms with E-state index in [0.717, 1.165) is 28.4 Å². The average molecular weight is 252 g/mol. The Balaban J connectivity index is 1.97. The summed E-state index contributed by atoms with van der Waals surface area (Å²) in [6.45, 7) is 4.16. The van der Waals surface area contributed by atoms with Crippen LogP contribution in [-0.4, -0.2) is 9.97 Å². The summed E-state index contributed by atoms with van der Waals surface area (Å²) in [5, 5.41) is 3.25. The Morgan fingerprint density at radius 1 is 1.11 bits per heavy atom. The average Bonchev–Trinajstić information content (AvgIpc) is 2.75. The van der Waals surface area contributed by atoms with E-state index in [-0.39, 0.29) is 0 Å². The highest BCUT2D eigenvalue weighted by Gasteiger charge is 2.06. The molecule has 1 heterocycles. The van der Waals surface area contributed by atoms with Gasteiger partial charge < -0.3 is 16.0 Å². The van der Waals surface area contributed by atoms with Crippen molar-refractivity contribution in [2.75, 3.05) is 11.1 Å². The number of imidazole rings is 1. The molecule has 4 nitrogen and oxygen atoms in total. The van der Waals surface area contributed by atoms with Gasteiger partial charge in [-0.25, -0.2) is 4.98 Å². The van der Waals surface area contributed by atoms with Gasteiger partial charge in [-0.1, -0.05) is 6.07 Å². The molecule has 4 N–H and O–H groups in total. The Bertz CT molecular complexity index is 726. The molecule has 19 heavy (non-hydrogen) atoms. The first-order chi connectivity index (χ1) is 9.11. The van der Waals surface area contributed by atoms with E-state index in [1.165, 1.54) is 11.1 Å². The van der Waals surface area contributed by atoms with E-state index in [0.29, 0.717) is 0 Å². The molecule has 0 bridgehead atoms. The number of nitrogens with zero attached hydrogens (tertiary/aromatic N) is 1. The summed E-state index contributed by atoms with van der Waals surface area (Å²) in [5.41, 5.74) is 11.8. The summed E-state index contributed by atoms with van der Waals surface area (Å²) in [6, 6.07) is 11.8. The predicted molar refractivity (Wildman–Crippen MR) is 79.7 cm³/mol. The molecule has 0 atom stereocenters. The van der Waals surface area contributed by atoms with Gasteiger partial charge in [0.2, 0.25) is 5.95 Å². The third kappa shape index (κ3) is 2.25. The fraction of sp³-hybridized carbons (Fsp3) is 0.133. The minimum atomic E-state index is 0.744. The lowest BCUT2D eigenvalue weighted by molar-refractivity contribution is 1.31. The fourth-order valence-electron chi connectivity index (χ4n) is 2.23. The van der Waals surface area contributed by atoms with Crippen molar-refractivity contribution in [3.8, 4) is 0 Å². The van der Waals surface area contributed by atoms with Crippen LogP contribution in [0.15, 0.2) is 36.4 Å². The maximum absolute atomic E-state index is 5.67. The Morgan fingerprint density at radius 3 is 2.58 bits per heavy atom. The zero-order valence-corrected chi connectivity index (χ0v) is 11.0. The number of aromatic nitrogens is 2. The van der Waals surface area contributed by atoms with Crippen LogP contribution >= 0.6 is 0 Å². The van der Waals surface area contributed by atoms with Gasteiger partial charge in [0.15, 0.2) is 0 Å². The standard InChI is InChI=1S/C15H16N4/c1-9-7-10(2)14-13(8-9)18-15(19-14)17-12-5-3-11(16)4-6-12/h3-8H,16H2,1-2H3,(H2,17,18,19). The van der Waals surface area contributed by atoms with Gasteiger partial charge in [-0.3, -0.25) is 0 Å². The van der Waals surface area contributed by atoms with E-state index < -0.39 is 0 Å². The highest BCUT2D eigenvalue weighted by Crippen LogP contribution is 2.22. The Kier molecular flexibility index (Phi) is 2.63. The van der Waals surface area contributed by atoms with Crippen molar-refractivity contribution >= 4 is 28.4 Å². The number of fused-ring (bicyclic) bond motifs is 1. The summed E-state index contributed by atoms with van der Waals surface area (Å²) in [5.74, 6) is 0.744. The molecule has 0 spiro atoms. The van der Waals surface area contributed by atoms with Gasteiger partial charge in [0.1, 0.15) is 0 Å². The second-order valence-electron chi connectivity index (χ2n) is 4.81. The number of nitrogen functional groups attached to an aromatic ring is 1. The Morgan fingerprint density at radius 2 is 1.84 bits per heavy atom. The second kappa shape index (κ2) is 4.31. The molecule has 2 aromatic carbocycles. The SMILES string of the molecule is Cc1cc(C)c2nc(Nc3ccc(N)cc3)[nH]c2c1. The molecular formula is C15H16N4. The van der Waals surface area contributed by atoms with Gasteiger partial charge in [-0.2, -0.15) is 0 Å². The molecule has 0 fully saturated rings. The topological polar surface area (TPSA) is 66.7 Å². The van der Waals surface area contributed by atoms with E-state index in [2.05, 4.69) is 41.3 Å². The minimum Gasteiger partial charge on any atom is -0.399 e. The first kappa shape index (κ1) is 11.6. The van der Waals surface area contributed by atoms with Crippen molar-refractivity contribution in [3.05, 3.63) is 47.5 Å². The number of benzene rings is 2. The van der Waals surface area contributed by atoms with Crippen molar-refractivity contribution in [1.82, 2.24) is 9.97 Å². The lowest BCUT2D eigenvalue weighted by atomic mass is 10.1. The second-order valence-corrected chi connectivity index (χ2v) is 4.81. The van der Waals surface area contributed by atoms with Gasteiger partial charge in [0.05, 0.1) is 11.0 Å². The zero-order valence-electron chi connectivity index (χ0n) is 11.0. The molecule has 0 amide bonds. The Labute approximate surface area is 111 Å². The van der Waals surface area contributed by atoms with E-state index in [1.807, 2.05) is 24.3 Å². The van der Waals surface area contributed by atoms with Crippen LogP contribution < -0.4 is 11.1 Å². The number of nitrogens with two attached hydrogens (primary N) is 1. The quantitative estimate of drug-likeness (QED) is 0.611. The molecule has 3 rings (SSSR count). The van der Waals surface area contributed by atoms with Crippen LogP contribution in [0.25, 0.3) is 11.0 Å². The molecule has 0 aliphatic rings. The van der Waals surface area contributed by atoms with Crippen LogP contribution in [0.3, 0.4) is 0 Å². The first-order valence-electron chi connectivity index (χ1n) is 6.21. The third-order valence-corrected chi connectivity index (χ3v) is 3.09. The van der Waals surface area contributed by atoms with E-state index in [9.17, 15) is 0 Å². The Hall–Kier alpha value is -2.49. The maximum atomic E-state index is 5.67. The molecule has 3 aromatic rings. The zero-order chi connectivity index (χ0) is 13.4. The number of hydrogen-bond acceptors (Lipinski definition) is 3. The van der Waals surface area contributed by atoms with Gasteiger partial charge in [0.25, 0.3) is 0 Å². The van der Waals surface area contributed by atoms with Gasteiger partial charge >= 0.3 is 0 Å². The monoisotopic (exact) mass is 252 g/mol. The molecule has 0 saturated heterocycles. The van der Waals surface area contributed by atoms with Crippen LogP contribution in [0.5, 0.6) is 0 Å². The largest absolute Gasteiger partial charge is 0.399 e. The highest BCUT2D eigenvalue weighted by molar-refractivity contribution is 5.82. The number of nitrogens with one attached hydrogen (secondary N) is 2. The predicted octanol–water partition coefficient (Wildman–Crippen LogP) is 3.51. The number of aromatic amines is 1. The molecule has 0 aliphatic heterocycles. The fourth-order valence-corrected chi connectivity index (χ4v) is 2.23. The first-order valence-corrected chi connectivity index (χ1v) is 6.21. The maximum Gasteiger partial charge on any atom is 0.205 e. The minimum absolute atomic E-state index is 0.744. The molecule has 0 radical (unpaired) electrons. The number of rotatable bonds is 2. The van der Waals surface area contributed by atoms with E-state index in [4.69, 9.17) is 5.73 Å². The molecule has 4 heteroatoms. The summed E-state index contributed by atoms with van der Waals surface area (Å²) in [6.07, 6.45) is 0. The molecule has 1 aromatic heterocycles. The lowest BCUT2D eigenvalue weighted by Crippen LogP contribution is -1.92. The van der Waals surface area contributed by atoms with Crippen LogP contribution in [0.4, 0.5) is 17.3 Å². The van der Waals surface area contributed by atoms with Crippen molar-refractivity contribution < 1.29 is 0 Å². The molecule has 0 unspecified atom stereocenters. The van der Waals surface area contributed by atoms with Crippen molar-refractivity contribution in [1.29, 1.82) is 0 Å². The number of hydrogen-bond donors (Lipinski definition) is 3. The van der Waals surface area contributed by atoms with Gasteiger partial charge in [0, 0.05) is 11.4 Å². The summed E-state index contributed by atoms with van der Waals surface area (Å²) < 4.78 is 0. The summed E-state index contributed by atoms with van der Waals surface area (Å²) in [7, 11) is 0. The van der Waals surface area contributed by atoms with Crippen molar-refractivity contribution in [3.63, 3.8) is 0 Å². The van der Waals surface area contributed by atoms with Gasteiger partial charge in [-0.05, 0) is 55.3 Å².